The molecule has 0 aliphatic heterocycles. The van der Waals surface area contributed by atoms with Crippen LogP contribution >= 0.6 is 0 Å². The SMILES string of the molecule is CCC[C@H]1CC(C)=C[C@H](C)[C@@H]1C=O. The molecule has 0 radical (unpaired) electrons. The molecule has 0 heterocycles. The van der Waals surface area contributed by atoms with Crippen LogP contribution in [0.15, 0.2) is 11.6 Å². The molecule has 0 bridgehead atoms. The summed E-state index contributed by atoms with van der Waals surface area (Å²) in [5.74, 6) is 1.31. The summed E-state index contributed by atoms with van der Waals surface area (Å²) < 4.78 is 0. The molecular weight excluding hydrogens is 160 g/mol. The molecule has 0 fully saturated rings. The van der Waals surface area contributed by atoms with E-state index in [4.69, 9.17) is 0 Å². The predicted octanol–water partition coefficient (Wildman–Crippen LogP) is 3.20. The standard InChI is InChI=1S/C12H20O/c1-4-5-11-7-9(2)6-10(3)12(11)8-13/h6,8,10-12H,4-5,7H2,1-3H3/t10-,11-,12-/m0/s1. The van der Waals surface area contributed by atoms with Gasteiger partial charge in [-0.15, -0.1) is 0 Å². The summed E-state index contributed by atoms with van der Waals surface area (Å²) in [7, 11) is 0. The van der Waals surface area contributed by atoms with Crippen LogP contribution in [-0.2, 0) is 4.79 Å². The van der Waals surface area contributed by atoms with Crippen molar-refractivity contribution in [1.29, 1.82) is 0 Å². The topological polar surface area (TPSA) is 17.1 Å². The molecule has 13 heavy (non-hydrogen) atoms. The molecule has 0 aromatic rings. The molecule has 1 aliphatic carbocycles. The average molecular weight is 180 g/mol. The lowest BCUT2D eigenvalue weighted by atomic mass is 9.73. The van der Waals surface area contributed by atoms with Gasteiger partial charge in [-0.2, -0.15) is 0 Å². The first-order chi connectivity index (χ1) is 6.19. The van der Waals surface area contributed by atoms with Crippen LogP contribution in [-0.4, -0.2) is 6.29 Å². The van der Waals surface area contributed by atoms with Gasteiger partial charge in [0.15, 0.2) is 0 Å². The molecule has 1 nitrogen and oxygen atoms in total. The minimum atomic E-state index is 0.267. The molecule has 0 unspecified atom stereocenters. The Morgan fingerprint density at radius 3 is 2.85 bits per heavy atom. The van der Waals surface area contributed by atoms with E-state index < -0.39 is 0 Å². The van der Waals surface area contributed by atoms with Crippen LogP contribution in [0.25, 0.3) is 0 Å². The third kappa shape index (κ3) is 2.43. The Balaban J connectivity index is 2.72. The molecule has 0 aromatic carbocycles. The highest BCUT2D eigenvalue weighted by Crippen LogP contribution is 2.34. The fourth-order valence-corrected chi connectivity index (χ4v) is 2.51. The number of aldehydes is 1. The molecule has 0 N–H and O–H groups in total. The summed E-state index contributed by atoms with van der Waals surface area (Å²) >= 11 is 0. The van der Waals surface area contributed by atoms with Crippen molar-refractivity contribution in [2.24, 2.45) is 17.8 Å². The second-order valence-electron chi connectivity index (χ2n) is 4.34. The second kappa shape index (κ2) is 4.59. The van der Waals surface area contributed by atoms with E-state index in [1.165, 1.54) is 18.4 Å². The van der Waals surface area contributed by atoms with E-state index in [0.717, 1.165) is 12.7 Å². The largest absolute Gasteiger partial charge is 0.303 e. The van der Waals surface area contributed by atoms with Crippen LogP contribution in [0.5, 0.6) is 0 Å². The maximum atomic E-state index is 10.9. The molecule has 0 spiro atoms. The third-order valence-electron chi connectivity index (χ3n) is 3.10. The van der Waals surface area contributed by atoms with Gasteiger partial charge in [-0.25, -0.2) is 0 Å². The van der Waals surface area contributed by atoms with Crippen molar-refractivity contribution in [2.75, 3.05) is 0 Å². The molecule has 74 valence electrons. The van der Waals surface area contributed by atoms with Crippen molar-refractivity contribution in [3.05, 3.63) is 11.6 Å². The number of carbonyl (C=O) groups excluding carboxylic acids is 1. The van der Waals surface area contributed by atoms with Gasteiger partial charge < -0.3 is 4.79 Å². The van der Waals surface area contributed by atoms with Crippen molar-refractivity contribution in [1.82, 2.24) is 0 Å². The highest BCUT2D eigenvalue weighted by atomic mass is 16.1. The van der Waals surface area contributed by atoms with E-state index in [0.29, 0.717) is 11.8 Å². The number of allylic oxidation sites excluding steroid dienone is 2. The van der Waals surface area contributed by atoms with E-state index in [2.05, 4.69) is 26.8 Å². The number of rotatable bonds is 3. The zero-order valence-electron chi connectivity index (χ0n) is 8.92. The lowest BCUT2D eigenvalue weighted by Gasteiger charge is -2.31. The minimum Gasteiger partial charge on any atom is -0.303 e. The average Bonchev–Trinajstić information content (AvgIpc) is 2.04. The highest BCUT2D eigenvalue weighted by Gasteiger charge is 2.28. The summed E-state index contributed by atoms with van der Waals surface area (Å²) in [5, 5.41) is 0. The summed E-state index contributed by atoms with van der Waals surface area (Å²) in [6, 6.07) is 0. The number of hydrogen-bond acceptors (Lipinski definition) is 1. The Morgan fingerprint density at radius 2 is 2.31 bits per heavy atom. The van der Waals surface area contributed by atoms with Gasteiger partial charge in [-0.3, -0.25) is 0 Å². The van der Waals surface area contributed by atoms with Gasteiger partial charge in [-0.05, 0) is 31.6 Å². The lowest BCUT2D eigenvalue weighted by Crippen LogP contribution is -2.26. The van der Waals surface area contributed by atoms with Crippen LogP contribution in [0.1, 0.15) is 40.0 Å². The van der Waals surface area contributed by atoms with Crippen LogP contribution < -0.4 is 0 Å². The maximum Gasteiger partial charge on any atom is 0.123 e. The summed E-state index contributed by atoms with van der Waals surface area (Å²) in [6.07, 6.45) is 6.93. The van der Waals surface area contributed by atoms with Crippen molar-refractivity contribution in [3.8, 4) is 0 Å². The van der Waals surface area contributed by atoms with Crippen molar-refractivity contribution >= 4 is 6.29 Å². The summed E-state index contributed by atoms with van der Waals surface area (Å²) in [5.41, 5.74) is 1.46. The lowest BCUT2D eigenvalue weighted by molar-refractivity contribution is -0.113. The first kappa shape index (κ1) is 10.5. The molecule has 1 aliphatic rings. The quantitative estimate of drug-likeness (QED) is 0.481. The van der Waals surface area contributed by atoms with Gasteiger partial charge in [-0.1, -0.05) is 31.9 Å². The molecular formula is C12H20O. The van der Waals surface area contributed by atoms with Gasteiger partial charge in [0.25, 0.3) is 0 Å². The fraction of sp³-hybridized carbons (Fsp3) is 0.750. The second-order valence-corrected chi connectivity index (χ2v) is 4.34. The normalized spacial score (nSPS) is 34.1. The highest BCUT2D eigenvalue weighted by molar-refractivity contribution is 5.56. The van der Waals surface area contributed by atoms with Crippen LogP contribution in [0.2, 0.25) is 0 Å². The van der Waals surface area contributed by atoms with Gasteiger partial charge in [0, 0.05) is 5.92 Å². The first-order valence-electron chi connectivity index (χ1n) is 5.31. The van der Waals surface area contributed by atoms with Gasteiger partial charge >= 0.3 is 0 Å². The van der Waals surface area contributed by atoms with E-state index >= 15 is 0 Å². The van der Waals surface area contributed by atoms with Crippen molar-refractivity contribution in [2.45, 2.75) is 40.0 Å². The van der Waals surface area contributed by atoms with Gasteiger partial charge in [0.2, 0.25) is 0 Å². The summed E-state index contributed by atoms with van der Waals surface area (Å²) in [4.78, 5) is 10.9. The first-order valence-corrected chi connectivity index (χ1v) is 5.31. The maximum absolute atomic E-state index is 10.9. The molecule has 1 rings (SSSR count). The third-order valence-corrected chi connectivity index (χ3v) is 3.10. The minimum absolute atomic E-state index is 0.267. The van der Waals surface area contributed by atoms with Gasteiger partial charge in [0.1, 0.15) is 6.29 Å². The number of hydrogen-bond donors (Lipinski definition) is 0. The van der Waals surface area contributed by atoms with Gasteiger partial charge in [0.05, 0.1) is 0 Å². The monoisotopic (exact) mass is 180 g/mol. The molecule has 0 saturated carbocycles. The van der Waals surface area contributed by atoms with Crippen LogP contribution in [0.3, 0.4) is 0 Å². The van der Waals surface area contributed by atoms with Crippen LogP contribution in [0.4, 0.5) is 0 Å². The molecule has 0 aromatic heterocycles. The molecule has 0 saturated heterocycles. The smallest absolute Gasteiger partial charge is 0.123 e. The predicted molar refractivity (Wildman–Crippen MR) is 55.5 cm³/mol. The van der Waals surface area contributed by atoms with Crippen molar-refractivity contribution < 1.29 is 4.79 Å². The van der Waals surface area contributed by atoms with Crippen molar-refractivity contribution in [3.63, 3.8) is 0 Å². The zero-order valence-corrected chi connectivity index (χ0v) is 8.92. The van der Waals surface area contributed by atoms with E-state index in [1.807, 2.05) is 0 Å². The Kier molecular flexibility index (Phi) is 3.71. The zero-order chi connectivity index (χ0) is 9.84. The Labute approximate surface area is 81.2 Å². The fourth-order valence-electron chi connectivity index (χ4n) is 2.51. The molecule has 3 atom stereocenters. The van der Waals surface area contributed by atoms with E-state index in [9.17, 15) is 4.79 Å². The Morgan fingerprint density at radius 1 is 1.62 bits per heavy atom. The van der Waals surface area contributed by atoms with Crippen LogP contribution in [0, 0.1) is 17.8 Å². The number of carbonyl (C=O) groups is 1. The Hall–Kier alpha value is -0.590. The molecule has 1 heteroatoms. The van der Waals surface area contributed by atoms with E-state index in [-0.39, 0.29) is 5.92 Å². The van der Waals surface area contributed by atoms with E-state index in [1.54, 1.807) is 0 Å². The Bertz CT molecular complexity index is 205. The summed E-state index contributed by atoms with van der Waals surface area (Å²) in [6.45, 7) is 6.53. The molecule has 0 amide bonds.